The largest absolute Gasteiger partial charge is 0.484 e. The Balaban J connectivity index is 1.40. The highest BCUT2D eigenvalue weighted by Gasteiger charge is 2.34. The molecule has 0 radical (unpaired) electrons. The van der Waals surface area contributed by atoms with Gasteiger partial charge in [0.05, 0.1) is 25.1 Å². The van der Waals surface area contributed by atoms with E-state index < -0.39 is 0 Å². The van der Waals surface area contributed by atoms with E-state index in [0.717, 1.165) is 28.7 Å². The zero-order valence-corrected chi connectivity index (χ0v) is 20.3. The fourth-order valence-corrected chi connectivity index (χ4v) is 4.62. The van der Waals surface area contributed by atoms with Crippen LogP contribution in [0.15, 0.2) is 88.1 Å². The summed E-state index contributed by atoms with van der Waals surface area (Å²) in [4.78, 5) is 29.4. The molecule has 7 heteroatoms. The van der Waals surface area contributed by atoms with Gasteiger partial charge in [-0.15, -0.1) is 0 Å². The number of rotatable bonds is 7. The van der Waals surface area contributed by atoms with Crippen molar-refractivity contribution >= 4 is 11.8 Å². The van der Waals surface area contributed by atoms with E-state index in [4.69, 9.17) is 13.6 Å². The first-order chi connectivity index (χ1) is 17.5. The number of fused-ring (bicyclic) bond motifs is 1. The number of carbonyl (C=O) groups is 2. The van der Waals surface area contributed by atoms with Gasteiger partial charge in [0.1, 0.15) is 11.5 Å². The van der Waals surface area contributed by atoms with Crippen molar-refractivity contribution in [1.29, 1.82) is 0 Å². The molecule has 0 N–H and O–H groups in total. The van der Waals surface area contributed by atoms with Crippen molar-refractivity contribution in [3.63, 3.8) is 0 Å². The fraction of sp³-hybridized carbons (Fsp3) is 0.241. The summed E-state index contributed by atoms with van der Waals surface area (Å²) in [5.74, 6) is 1.29. The SMILES string of the molecule is Cc1cccc(C2c3cc(OCC(=O)N(C)Cc4ccco4)ccc3CCN2C(=O)c2ccco2)c1. The molecule has 1 atom stereocenters. The smallest absolute Gasteiger partial charge is 0.290 e. The summed E-state index contributed by atoms with van der Waals surface area (Å²) >= 11 is 0. The van der Waals surface area contributed by atoms with Crippen molar-refractivity contribution in [3.8, 4) is 5.75 Å². The Hall–Kier alpha value is -4.26. The second-order valence-corrected chi connectivity index (χ2v) is 9.02. The average Bonchev–Trinajstić information content (AvgIpc) is 3.61. The number of hydrogen-bond acceptors (Lipinski definition) is 5. The first-order valence-corrected chi connectivity index (χ1v) is 11.9. The van der Waals surface area contributed by atoms with Gasteiger partial charge in [0.25, 0.3) is 11.8 Å². The highest BCUT2D eigenvalue weighted by Crippen LogP contribution is 2.38. The van der Waals surface area contributed by atoms with Crippen LogP contribution in [-0.2, 0) is 17.8 Å². The molecule has 5 rings (SSSR count). The number of ether oxygens (including phenoxy) is 1. The van der Waals surface area contributed by atoms with Crippen molar-refractivity contribution in [3.05, 3.63) is 113 Å². The Labute approximate surface area is 209 Å². The van der Waals surface area contributed by atoms with Crippen LogP contribution in [0.2, 0.25) is 0 Å². The van der Waals surface area contributed by atoms with Crippen LogP contribution in [0, 0.1) is 6.92 Å². The number of carbonyl (C=O) groups excluding carboxylic acids is 2. The van der Waals surface area contributed by atoms with Gasteiger partial charge >= 0.3 is 0 Å². The van der Waals surface area contributed by atoms with E-state index in [0.29, 0.717) is 30.4 Å². The highest BCUT2D eigenvalue weighted by molar-refractivity contribution is 5.92. The van der Waals surface area contributed by atoms with Crippen molar-refractivity contribution in [1.82, 2.24) is 9.80 Å². The van der Waals surface area contributed by atoms with Crippen LogP contribution in [0.25, 0.3) is 0 Å². The molecular weight excluding hydrogens is 456 g/mol. The van der Waals surface area contributed by atoms with E-state index in [1.807, 2.05) is 54.3 Å². The minimum atomic E-state index is -0.299. The van der Waals surface area contributed by atoms with Crippen LogP contribution in [-0.4, -0.2) is 41.8 Å². The third-order valence-electron chi connectivity index (χ3n) is 6.46. The molecule has 0 saturated heterocycles. The van der Waals surface area contributed by atoms with Crippen molar-refractivity contribution in [2.75, 3.05) is 20.2 Å². The van der Waals surface area contributed by atoms with Crippen molar-refractivity contribution < 1.29 is 23.2 Å². The Bertz CT molecular complexity index is 1340. The average molecular weight is 485 g/mol. The maximum absolute atomic E-state index is 13.4. The van der Waals surface area contributed by atoms with E-state index >= 15 is 0 Å². The third kappa shape index (κ3) is 4.91. The number of furan rings is 2. The first kappa shape index (κ1) is 23.5. The Kier molecular flexibility index (Phi) is 6.62. The molecule has 1 unspecified atom stereocenters. The Morgan fingerprint density at radius 2 is 1.86 bits per heavy atom. The Morgan fingerprint density at radius 3 is 2.61 bits per heavy atom. The molecule has 0 bridgehead atoms. The molecule has 36 heavy (non-hydrogen) atoms. The lowest BCUT2D eigenvalue weighted by Gasteiger charge is -2.37. The third-order valence-corrected chi connectivity index (χ3v) is 6.46. The summed E-state index contributed by atoms with van der Waals surface area (Å²) in [6.07, 6.45) is 3.82. The summed E-state index contributed by atoms with van der Waals surface area (Å²) in [6, 6.07) is 20.8. The molecule has 2 aromatic heterocycles. The van der Waals surface area contributed by atoms with Gasteiger partial charge in [0.15, 0.2) is 12.4 Å². The van der Waals surface area contributed by atoms with E-state index in [1.165, 1.54) is 6.26 Å². The van der Waals surface area contributed by atoms with E-state index in [9.17, 15) is 9.59 Å². The molecular formula is C29H28N2O5. The van der Waals surface area contributed by atoms with Gasteiger partial charge in [-0.3, -0.25) is 9.59 Å². The molecule has 184 valence electrons. The second-order valence-electron chi connectivity index (χ2n) is 9.02. The lowest BCUT2D eigenvalue weighted by molar-refractivity contribution is -0.132. The quantitative estimate of drug-likeness (QED) is 0.369. The minimum Gasteiger partial charge on any atom is -0.484 e. The Morgan fingerprint density at radius 1 is 1.03 bits per heavy atom. The molecule has 4 aromatic rings. The standard InChI is InChI=1S/C29H28N2O5/c1-20-6-3-7-22(16-20)28-25-17-23(36-19-27(32)30(2)18-24-8-4-14-34-24)11-10-21(25)12-13-31(28)29(33)26-9-5-15-35-26/h3-11,14-17,28H,12-13,18-19H2,1-2H3. The maximum atomic E-state index is 13.4. The lowest BCUT2D eigenvalue weighted by atomic mass is 9.87. The molecule has 1 aliphatic heterocycles. The predicted molar refractivity (Wildman–Crippen MR) is 134 cm³/mol. The van der Waals surface area contributed by atoms with Crippen molar-refractivity contribution in [2.24, 2.45) is 0 Å². The molecule has 2 amide bonds. The van der Waals surface area contributed by atoms with Crippen LogP contribution in [0.4, 0.5) is 0 Å². The topological polar surface area (TPSA) is 76.1 Å². The number of hydrogen-bond donors (Lipinski definition) is 0. The minimum absolute atomic E-state index is 0.0971. The van der Waals surface area contributed by atoms with Gasteiger partial charge in [0, 0.05) is 13.6 Å². The molecule has 1 aliphatic rings. The van der Waals surface area contributed by atoms with Crippen LogP contribution in [0.3, 0.4) is 0 Å². The van der Waals surface area contributed by atoms with Gasteiger partial charge in [0.2, 0.25) is 0 Å². The number of benzene rings is 2. The van der Waals surface area contributed by atoms with Gasteiger partial charge in [-0.1, -0.05) is 35.9 Å². The van der Waals surface area contributed by atoms with E-state index in [-0.39, 0.29) is 24.5 Å². The van der Waals surface area contributed by atoms with Gasteiger partial charge in [-0.2, -0.15) is 0 Å². The fourth-order valence-electron chi connectivity index (χ4n) is 4.62. The first-order valence-electron chi connectivity index (χ1n) is 11.9. The van der Waals surface area contributed by atoms with Gasteiger partial charge < -0.3 is 23.4 Å². The maximum Gasteiger partial charge on any atom is 0.290 e. The number of amides is 2. The van der Waals surface area contributed by atoms with Crippen LogP contribution in [0.1, 0.15) is 44.6 Å². The van der Waals surface area contributed by atoms with E-state index in [2.05, 4.69) is 6.07 Å². The zero-order valence-electron chi connectivity index (χ0n) is 20.3. The van der Waals surface area contributed by atoms with Crippen molar-refractivity contribution in [2.45, 2.75) is 25.9 Å². The number of likely N-dealkylation sites (N-methyl/N-ethyl adjacent to an activating group) is 1. The summed E-state index contributed by atoms with van der Waals surface area (Å²) in [7, 11) is 1.72. The highest BCUT2D eigenvalue weighted by atomic mass is 16.5. The summed E-state index contributed by atoms with van der Waals surface area (Å²) in [5, 5.41) is 0. The normalized spacial score (nSPS) is 14.8. The number of aryl methyl sites for hydroxylation is 1. The summed E-state index contributed by atoms with van der Waals surface area (Å²) < 4.78 is 16.7. The monoisotopic (exact) mass is 484 g/mol. The van der Waals surface area contributed by atoms with E-state index in [1.54, 1.807) is 36.4 Å². The van der Waals surface area contributed by atoms with Gasteiger partial charge in [-0.05, 0) is 66.4 Å². The van der Waals surface area contributed by atoms with Crippen LogP contribution >= 0.6 is 0 Å². The second kappa shape index (κ2) is 10.2. The van der Waals surface area contributed by atoms with Crippen LogP contribution < -0.4 is 4.74 Å². The molecule has 0 fully saturated rings. The summed E-state index contributed by atoms with van der Waals surface area (Å²) in [5.41, 5.74) is 4.27. The predicted octanol–water partition coefficient (Wildman–Crippen LogP) is 5.01. The molecule has 0 aliphatic carbocycles. The van der Waals surface area contributed by atoms with Crippen LogP contribution in [0.5, 0.6) is 5.75 Å². The van der Waals surface area contributed by atoms with Gasteiger partial charge in [-0.25, -0.2) is 0 Å². The zero-order chi connectivity index (χ0) is 25.1. The molecule has 0 spiro atoms. The molecule has 2 aromatic carbocycles. The lowest BCUT2D eigenvalue weighted by Crippen LogP contribution is -2.40. The molecule has 7 nitrogen and oxygen atoms in total. The number of nitrogens with zero attached hydrogens (tertiary/aromatic N) is 2. The summed E-state index contributed by atoms with van der Waals surface area (Å²) in [6.45, 7) is 2.89. The molecule has 3 heterocycles. The molecule has 0 saturated carbocycles.